The molecule has 1 unspecified atom stereocenters. The molecule has 1 fully saturated rings. The van der Waals surface area contributed by atoms with Gasteiger partial charge in [0, 0.05) is 42.8 Å². The first-order valence-electron chi connectivity index (χ1n) is 6.74. The van der Waals surface area contributed by atoms with Crippen molar-refractivity contribution in [2.45, 2.75) is 19.0 Å². The standard InChI is InChI=1S/C15H18N4/c16-6-7-17-13-5-8-19(11-13)10-12-9-18-15-4-2-1-3-14(12)15/h1-4,9,13,17-18H,5,7-8,10-11H2. The van der Waals surface area contributed by atoms with E-state index in [0.29, 0.717) is 12.6 Å². The molecule has 1 atom stereocenters. The van der Waals surface area contributed by atoms with Crippen molar-refractivity contribution in [3.8, 4) is 6.07 Å². The number of hydrogen-bond acceptors (Lipinski definition) is 3. The molecular formula is C15H18N4. The van der Waals surface area contributed by atoms with Gasteiger partial charge in [0.05, 0.1) is 12.6 Å². The molecule has 1 aliphatic heterocycles. The van der Waals surface area contributed by atoms with Gasteiger partial charge in [-0.3, -0.25) is 4.90 Å². The minimum Gasteiger partial charge on any atom is -0.361 e. The van der Waals surface area contributed by atoms with E-state index in [1.165, 1.54) is 16.5 Å². The predicted molar refractivity (Wildman–Crippen MR) is 75.6 cm³/mol. The summed E-state index contributed by atoms with van der Waals surface area (Å²) in [5, 5.41) is 13.2. The second kappa shape index (κ2) is 5.43. The molecule has 4 nitrogen and oxygen atoms in total. The zero-order valence-electron chi connectivity index (χ0n) is 10.9. The molecule has 1 aliphatic rings. The molecule has 4 heteroatoms. The van der Waals surface area contributed by atoms with E-state index in [0.717, 1.165) is 26.1 Å². The van der Waals surface area contributed by atoms with E-state index >= 15 is 0 Å². The Bertz CT molecular complexity index is 595. The number of nitrogens with one attached hydrogen (secondary N) is 2. The van der Waals surface area contributed by atoms with Crippen LogP contribution in [0.5, 0.6) is 0 Å². The highest BCUT2D eigenvalue weighted by Gasteiger charge is 2.22. The lowest BCUT2D eigenvalue weighted by Gasteiger charge is -2.15. The first-order valence-corrected chi connectivity index (χ1v) is 6.74. The maximum absolute atomic E-state index is 8.59. The molecule has 1 saturated heterocycles. The van der Waals surface area contributed by atoms with Gasteiger partial charge in [0.1, 0.15) is 0 Å². The summed E-state index contributed by atoms with van der Waals surface area (Å²) in [6, 6.07) is 11.0. The van der Waals surface area contributed by atoms with Gasteiger partial charge in [-0.05, 0) is 18.1 Å². The zero-order valence-corrected chi connectivity index (χ0v) is 10.9. The van der Waals surface area contributed by atoms with Crippen molar-refractivity contribution >= 4 is 10.9 Å². The molecular weight excluding hydrogens is 236 g/mol. The average molecular weight is 254 g/mol. The van der Waals surface area contributed by atoms with Gasteiger partial charge in [-0.2, -0.15) is 5.26 Å². The first kappa shape index (κ1) is 12.2. The minimum atomic E-state index is 0.450. The van der Waals surface area contributed by atoms with E-state index in [2.05, 4.69) is 51.7 Å². The van der Waals surface area contributed by atoms with E-state index in [1.807, 2.05) is 0 Å². The third-order valence-corrected chi connectivity index (χ3v) is 3.81. The van der Waals surface area contributed by atoms with Crippen LogP contribution in [0.4, 0.5) is 0 Å². The first-order chi connectivity index (χ1) is 9.36. The van der Waals surface area contributed by atoms with E-state index in [-0.39, 0.29) is 0 Å². The van der Waals surface area contributed by atoms with Gasteiger partial charge in [-0.1, -0.05) is 18.2 Å². The zero-order chi connectivity index (χ0) is 13.1. The van der Waals surface area contributed by atoms with E-state index in [4.69, 9.17) is 5.26 Å². The Kier molecular flexibility index (Phi) is 3.49. The maximum Gasteiger partial charge on any atom is 0.0843 e. The van der Waals surface area contributed by atoms with Gasteiger partial charge in [0.2, 0.25) is 0 Å². The lowest BCUT2D eigenvalue weighted by Crippen LogP contribution is -2.32. The lowest BCUT2D eigenvalue weighted by atomic mass is 10.1. The van der Waals surface area contributed by atoms with Crippen LogP contribution in [0, 0.1) is 11.3 Å². The summed E-state index contributed by atoms with van der Waals surface area (Å²) in [5.41, 5.74) is 2.56. The monoisotopic (exact) mass is 254 g/mol. The number of aromatic amines is 1. The van der Waals surface area contributed by atoms with Gasteiger partial charge < -0.3 is 10.3 Å². The van der Waals surface area contributed by atoms with Crippen LogP contribution in [0.25, 0.3) is 10.9 Å². The molecule has 0 bridgehead atoms. The predicted octanol–water partition coefficient (Wildman–Crippen LogP) is 1.86. The number of likely N-dealkylation sites (tertiary alicyclic amines) is 1. The number of nitriles is 1. The Morgan fingerprint density at radius 1 is 1.42 bits per heavy atom. The van der Waals surface area contributed by atoms with Crippen LogP contribution in [0.15, 0.2) is 30.5 Å². The Balaban J connectivity index is 1.65. The van der Waals surface area contributed by atoms with Crippen molar-refractivity contribution in [1.29, 1.82) is 5.26 Å². The van der Waals surface area contributed by atoms with Crippen molar-refractivity contribution in [1.82, 2.24) is 15.2 Å². The topological polar surface area (TPSA) is 54.9 Å². The highest BCUT2D eigenvalue weighted by Crippen LogP contribution is 2.21. The number of hydrogen-bond donors (Lipinski definition) is 2. The van der Waals surface area contributed by atoms with Crippen LogP contribution in [-0.4, -0.2) is 35.6 Å². The molecule has 2 heterocycles. The van der Waals surface area contributed by atoms with Crippen LogP contribution < -0.4 is 5.32 Å². The summed E-state index contributed by atoms with van der Waals surface area (Å²) in [4.78, 5) is 5.77. The molecule has 1 aromatic carbocycles. The second-order valence-electron chi connectivity index (χ2n) is 5.12. The number of rotatable bonds is 4. The van der Waals surface area contributed by atoms with Crippen molar-refractivity contribution in [2.24, 2.45) is 0 Å². The molecule has 0 radical (unpaired) electrons. The number of benzene rings is 1. The molecule has 0 amide bonds. The van der Waals surface area contributed by atoms with Gasteiger partial charge >= 0.3 is 0 Å². The quantitative estimate of drug-likeness (QED) is 0.819. The fraction of sp³-hybridized carbons (Fsp3) is 0.400. The minimum absolute atomic E-state index is 0.450. The SMILES string of the molecule is N#CCNC1CCN(Cc2c[nH]c3ccccc23)C1. The fourth-order valence-corrected chi connectivity index (χ4v) is 2.84. The summed E-state index contributed by atoms with van der Waals surface area (Å²) >= 11 is 0. The Morgan fingerprint density at radius 2 is 2.32 bits per heavy atom. The third-order valence-electron chi connectivity index (χ3n) is 3.81. The van der Waals surface area contributed by atoms with Crippen LogP contribution in [-0.2, 0) is 6.54 Å². The summed E-state index contributed by atoms with van der Waals surface area (Å²) in [6.45, 7) is 3.56. The molecule has 98 valence electrons. The van der Waals surface area contributed by atoms with Crippen molar-refractivity contribution in [3.63, 3.8) is 0 Å². The Morgan fingerprint density at radius 3 is 3.21 bits per heavy atom. The van der Waals surface area contributed by atoms with Crippen molar-refractivity contribution in [3.05, 3.63) is 36.0 Å². The summed E-state index contributed by atoms with van der Waals surface area (Å²) in [6.07, 6.45) is 3.24. The Labute approximate surface area is 113 Å². The van der Waals surface area contributed by atoms with Crippen LogP contribution in [0.2, 0.25) is 0 Å². The largest absolute Gasteiger partial charge is 0.361 e. The molecule has 0 spiro atoms. The lowest BCUT2D eigenvalue weighted by molar-refractivity contribution is 0.322. The van der Waals surface area contributed by atoms with Crippen LogP contribution in [0.3, 0.4) is 0 Å². The molecule has 19 heavy (non-hydrogen) atoms. The average Bonchev–Trinajstić information content (AvgIpc) is 3.05. The number of H-pyrrole nitrogens is 1. The summed E-state index contributed by atoms with van der Waals surface area (Å²) in [7, 11) is 0. The molecule has 1 aromatic heterocycles. The van der Waals surface area contributed by atoms with Gasteiger partial charge in [0.15, 0.2) is 0 Å². The molecule has 2 aromatic rings. The summed E-state index contributed by atoms with van der Waals surface area (Å²) in [5.74, 6) is 0. The summed E-state index contributed by atoms with van der Waals surface area (Å²) < 4.78 is 0. The normalized spacial score (nSPS) is 19.8. The molecule has 2 N–H and O–H groups in total. The van der Waals surface area contributed by atoms with Gasteiger partial charge in [-0.25, -0.2) is 0 Å². The molecule has 0 aliphatic carbocycles. The van der Waals surface area contributed by atoms with E-state index < -0.39 is 0 Å². The maximum atomic E-state index is 8.59. The van der Waals surface area contributed by atoms with Gasteiger partial charge in [0.25, 0.3) is 0 Å². The number of para-hydroxylation sites is 1. The van der Waals surface area contributed by atoms with E-state index in [9.17, 15) is 0 Å². The number of nitrogens with zero attached hydrogens (tertiary/aromatic N) is 2. The number of fused-ring (bicyclic) bond motifs is 1. The smallest absolute Gasteiger partial charge is 0.0843 e. The molecule has 3 rings (SSSR count). The van der Waals surface area contributed by atoms with Crippen molar-refractivity contribution < 1.29 is 0 Å². The van der Waals surface area contributed by atoms with Gasteiger partial charge in [-0.15, -0.1) is 0 Å². The third kappa shape index (κ3) is 2.62. The van der Waals surface area contributed by atoms with E-state index in [1.54, 1.807) is 0 Å². The Hall–Kier alpha value is -1.83. The van der Waals surface area contributed by atoms with Crippen molar-refractivity contribution in [2.75, 3.05) is 19.6 Å². The van der Waals surface area contributed by atoms with Crippen LogP contribution in [0.1, 0.15) is 12.0 Å². The van der Waals surface area contributed by atoms with Crippen LogP contribution >= 0.6 is 0 Å². The highest BCUT2D eigenvalue weighted by molar-refractivity contribution is 5.82. The fourth-order valence-electron chi connectivity index (χ4n) is 2.84. The highest BCUT2D eigenvalue weighted by atomic mass is 15.2. The molecule has 0 saturated carbocycles. The second-order valence-corrected chi connectivity index (χ2v) is 5.12. The number of aromatic nitrogens is 1.